The van der Waals surface area contributed by atoms with Crippen LogP contribution in [-0.2, 0) is 0 Å². The molecule has 4 rings (SSSR count). The van der Waals surface area contributed by atoms with Crippen molar-refractivity contribution < 1.29 is 9.53 Å². The molecule has 3 aromatic carbocycles. The molecule has 0 unspecified atom stereocenters. The minimum Gasteiger partial charge on any atom is -0.483 e. The van der Waals surface area contributed by atoms with Crippen LogP contribution in [-0.4, -0.2) is 10.1 Å². The predicted octanol–water partition coefficient (Wildman–Crippen LogP) is 6.27. The number of hydrogen-bond acceptors (Lipinski definition) is 2. The van der Waals surface area contributed by atoms with E-state index >= 15 is 0 Å². The van der Waals surface area contributed by atoms with E-state index in [1.807, 2.05) is 84.9 Å². The molecule has 0 radical (unpaired) electrons. The van der Waals surface area contributed by atoms with Crippen molar-refractivity contribution in [3.05, 3.63) is 102 Å². The van der Waals surface area contributed by atoms with E-state index in [1.54, 1.807) is 0 Å². The number of Topliss-reactive ketones (excluding diaryl/α,β-unsaturated/α-hetero) is 1. The van der Waals surface area contributed by atoms with Crippen LogP contribution in [0.4, 0.5) is 0 Å². The van der Waals surface area contributed by atoms with E-state index in [1.165, 1.54) is 0 Å². The first kappa shape index (κ1) is 17.5. The standard InChI is InChI=1S/C22H16Br2O2/c23-19(15-9-3-1-4-10-15)22(24)20(25)17-13-7-8-14-18(17)26-21(22)16-11-5-2-6-12-16/h1-14,19,21H/t19-,21+,22+/m0/s1. The number of fused-ring (bicyclic) bond motifs is 1. The SMILES string of the molecule is O=C1c2ccccc2O[C@H](c2ccccc2)[C@@]1(Br)[C@@H](Br)c1ccccc1. The van der Waals surface area contributed by atoms with Gasteiger partial charge in [-0.05, 0) is 23.3 Å². The molecule has 0 spiro atoms. The minimum absolute atomic E-state index is 0.0129. The van der Waals surface area contributed by atoms with Crippen molar-refractivity contribution in [1.82, 2.24) is 0 Å². The van der Waals surface area contributed by atoms with Gasteiger partial charge in [-0.15, -0.1) is 0 Å². The first-order chi connectivity index (χ1) is 12.6. The minimum atomic E-state index is -0.968. The molecule has 1 heterocycles. The number of rotatable bonds is 3. The zero-order valence-electron chi connectivity index (χ0n) is 13.8. The normalized spacial score (nSPS) is 23.0. The summed E-state index contributed by atoms with van der Waals surface area (Å²) in [5.41, 5.74) is 2.56. The molecule has 0 saturated carbocycles. The third-order valence-electron chi connectivity index (χ3n) is 4.67. The highest BCUT2D eigenvalue weighted by Gasteiger charge is 2.55. The van der Waals surface area contributed by atoms with Crippen molar-refractivity contribution >= 4 is 37.6 Å². The van der Waals surface area contributed by atoms with Gasteiger partial charge in [0.25, 0.3) is 0 Å². The monoisotopic (exact) mass is 470 g/mol. The van der Waals surface area contributed by atoms with Crippen LogP contribution in [0, 0.1) is 0 Å². The average molecular weight is 472 g/mol. The van der Waals surface area contributed by atoms with Gasteiger partial charge in [-0.1, -0.05) is 105 Å². The van der Waals surface area contributed by atoms with Gasteiger partial charge in [-0.25, -0.2) is 0 Å². The van der Waals surface area contributed by atoms with Crippen molar-refractivity contribution in [2.45, 2.75) is 15.3 Å². The topological polar surface area (TPSA) is 26.3 Å². The Morgan fingerprint density at radius 2 is 1.42 bits per heavy atom. The third-order valence-corrected chi connectivity index (χ3v) is 7.77. The van der Waals surface area contributed by atoms with Gasteiger partial charge in [-0.3, -0.25) is 4.79 Å². The smallest absolute Gasteiger partial charge is 0.188 e. The van der Waals surface area contributed by atoms with Crippen molar-refractivity contribution in [3.8, 4) is 5.75 Å². The molecule has 1 aliphatic heterocycles. The molecule has 26 heavy (non-hydrogen) atoms. The molecule has 130 valence electrons. The summed E-state index contributed by atoms with van der Waals surface area (Å²) < 4.78 is 5.38. The molecule has 3 aromatic rings. The Morgan fingerprint density at radius 1 is 0.846 bits per heavy atom. The van der Waals surface area contributed by atoms with Crippen molar-refractivity contribution in [2.75, 3.05) is 0 Å². The number of ketones is 1. The molecule has 3 atom stereocenters. The first-order valence-electron chi connectivity index (χ1n) is 8.35. The molecule has 4 heteroatoms. The van der Waals surface area contributed by atoms with E-state index in [2.05, 4.69) is 31.9 Å². The molecule has 0 aliphatic carbocycles. The fraction of sp³-hybridized carbons (Fsp3) is 0.136. The van der Waals surface area contributed by atoms with Crippen LogP contribution in [0.2, 0.25) is 0 Å². The Hall–Kier alpha value is -1.91. The number of para-hydroxylation sites is 1. The highest BCUT2D eigenvalue weighted by Crippen LogP contribution is 2.55. The van der Waals surface area contributed by atoms with Gasteiger partial charge < -0.3 is 4.74 Å². The Morgan fingerprint density at radius 3 is 2.12 bits per heavy atom. The quantitative estimate of drug-likeness (QED) is 0.420. The number of alkyl halides is 2. The lowest BCUT2D eigenvalue weighted by molar-refractivity contribution is 0.0739. The van der Waals surface area contributed by atoms with Crippen molar-refractivity contribution in [1.29, 1.82) is 0 Å². The molecule has 0 amide bonds. The number of hydrogen-bond donors (Lipinski definition) is 0. The fourth-order valence-electron chi connectivity index (χ4n) is 3.35. The van der Waals surface area contributed by atoms with Gasteiger partial charge in [0.1, 0.15) is 16.2 Å². The summed E-state index contributed by atoms with van der Waals surface area (Å²) in [6.45, 7) is 0. The van der Waals surface area contributed by atoms with Gasteiger partial charge in [0.2, 0.25) is 0 Å². The van der Waals surface area contributed by atoms with Crippen LogP contribution in [0.25, 0.3) is 0 Å². The fourth-order valence-corrected chi connectivity index (χ4v) is 4.94. The zero-order chi connectivity index (χ0) is 18.1. The van der Waals surface area contributed by atoms with Gasteiger partial charge in [0, 0.05) is 0 Å². The zero-order valence-corrected chi connectivity index (χ0v) is 17.0. The summed E-state index contributed by atoms with van der Waals surface area (Å²) in [5, 5.41) is 0. The van der Waals surface area contributed by atoms with E-state index in [4.69, 9.17) is 4.74 Å². The van der Waals surface area contributed by atoms with Gasteiger partial charge in [0.15, 0.2) is 5.78 Å². The largest absolute Gasteiger partial charge is 0.483 e. The van der Waals surface area contributed by atoms with Crippen LogP contribution in [0.15, 0.2) is 84.9 Å². The molecule has 0 aromatic heterocycles. The second-order valence-electron chi connectivity index (χ2n) is 6.28. The van der Waals surface area contributed by atoms with Crippen LogP contribution in [0.5, 0.6) is 5.75 Å². The van der Waals surface area contributed by atoms with Crippen molar-refractivity contribution in [2.24, 2.45) is 0 Å². The van der Waals surface area contributed by atoms with Gasteiger partial charge in [0.05, 0.1) is 10.4 Å². The number of ether oxygens (including phenoxy) is 1. The number of carbonyl (C=O) groups is 1. The average Bonchev–Trinajstić information content (AvgIpc) is 2.71. The van der Waals surface area contributed by atoms with Crippen LogP contribution < -0.4 is 4.74 Å². The molecule has 0 bridgehead atoms. The molecule has 2 nitrogen and oxygen atoms in total. The van der Waals surface area contributed by atoms with E-state index in [9.17, 15) is 4.79 Å². The Labute approximate surface area is 169 Å². The molecular weight excluding hydrogens is 456 g/mol. The van der Waals surface area contributed by atoms with E-state index in [0.717, 1.165) is 11.1 Å². The second kappa shape index (κ2) is 7.01. The maximum Gasteiger partial charge on any atom is 0.188 e. The third kappa shape index (κ3) is 2.81. The maximum atomic E-state index is 13.6. The van der Waals surface area contributed by atoms with Gasteiger partial charge in [-0.2, -0.15) is 0 Å². The van der Waals surface area contributed by atoms with E-state index < -0.39 is 10.4 Å². The Kier molecular flexibility index (Phi) is 4.72. The second-order valence-corrected chi connectivity index (χ2v) is 8.50. The summed E-state index contributed by atoms with van der Waals surface area (Å²) in [5.74, 6) is 0.633. The lowest BCUT2D eigenvalue weighted by atomic mass is 9.81. The lowest BCUT2D eigenvalue weighted by Gasteiger charge is -2.42. The predicted molar refractivity (Wildman–Crippen MR) is 110 cm³/mol. The molecule has 0 fully saturated rings. The van der Waals surface area contributed by atoms with E-state index in [-0.39, 0.29) is 10.6 Å². The summed E-state index contributed by atoms with van der Waals surface area (Å²) >= 11 is 7.60. The highest BCUT2D eigenvalue weighted by atomic mass is 79.9. The maximum absolute atomic E-state index is 13.6. The van der Waals surface area contributed by atoms with Crippen LogP contribution in [0.3, 0.4) is 0 Å². The summed E-state index contributed by atoms with van der Waals surface area (Å²) in [6.07, 6.45) is -0.462. The highest BCUT2D eigenvalue weighted by molar-refractivity contribution is 9.12. The number of halogens is 2. The first-order valence-corrected chi connectivity index (χ1v) is 10.1. The molecule has 1 aliphatic rings. The number of benzene rings is 3. The summed E-state index contributed by atoms with van der Waals surface area (Å²) in [7, 11) is 0. The summed E-state index contributed by atoms with van der Waals surface area (Å²) in [6, 6.07) is 27.2. The lowest BCUT2D eigenvalue weighted by Crippen LogP contribution is -2.47. The van der Waals surface area contributed by atoms with Gasteiger partial charge >= 0.3 is 0 Å². The van der Waals surface area contributed by atoms with Crippen LogP contribution in [0.1, 0.15) is 32.4 Å². The van der Waals surface area contributed by atoms with Crippen LogP contribution >= 0.6 is 31.9 Å². The summed E-state index contributed by atoms with van der Waals surface area (Å²) in [4.78, 5) is 13.3. The Balaban J connectivity index is 1.89. The molecular formula is C22H16Br2O2. The molecule has 0 saturated heterocycles. The Bertz CT molecular complexity index is 927. The number of carbonyl (C=O) groups excluding carboxylic acids is 1. The van der Waals surface area contributed by atoms with E-state index in [0.29, 0.717) is 11.3 Å². The van der Waals surface area contributed by atoms with Crippen molar-refractivity contribution in [3.63, 3.8) is 0 Å². The molecule has 0 N–H and O–H groups in total.